The largest absolute Gasteiger partial charge is 0.494 e. The van der Waals surface area contributed by atoms with Crippen molar-refractivity contribution in [3.63, 3.8) is 0 Å². The molecule has 2 rings (SSSR count). The maximum Gasteiger partial charge on any atom is 0.219 e. The number of thiocarbonyl (C=S) groups is 1. The number of pyridine rings is 1. The van der Waals surface area contributed by atoms with Crippen LogP contribution in [0.2, 0.25) is 0 Å². The van der Waals surface area contributed by atoms with Gasteiger partial charge in [0.2, 0.25) is 5.88 Å². The van der Waals surface area contributed by atoms with Gasteiger partial charge in [-0.3, -0.25) is 0 Å². The van der Waals surface area contributed by atoms with Crippen molar-refractivity contribution in [1.82, 2.24) is 4.98 Å². The molecule has 0 aliphatic carbocycles. The highest BCUT2D eigenvalue weighted by Crippen LogP contribution is 2.24. The Balaban J connectivity index is 2.18. The lowest BCUT2D eigenvalue weighted by atomic mass is 10.3. The Morgan fingerprint density at radius 3 is 2.68 bits per heavy atom. The highest BCUT2D eigenvalue weighted by molar-refractivity contribution is 7.80. The highest BCUT2D eigenvalue weighted by atomic mass is 32.1. The Morgan fingerprint density at radius 1 is 1.21 bits per heavy atom. The minimum absolute atomic E-state index is 0.244. The molecule has 98 valence electrons. The first-order valence-electron chi connectivity index (χ1n) is 5.86. The number of aromatic nitrogens is 1. The van der Waals surface area contributed by atoms with Gasteiger partial charge in [0, 0.05) is 12.1 Å². The monoisotopic (exact) mass is 274 g/mol. The van der Waals surface area contributed by atoms with E-state index in [4.69, 9.17) is 27.4 Å². The summed E-state index contributed by atoms with van der Waals surface area (Å²) < 4.78 is 11.1. The molecule has 0 spiro atoms. The zero-order valence-corrected chi connectivity index (χ0v) is 11.3. The van der Waals surface area contributed by atoms with Gasteiger partial charge in [0.05, 0.1) is 6.61 Å². The fraction of sp³-hybridized carbons (Fsp3) is 0.143. The summed E-state index contributed by atoms with van der Waals surface area (Å²) >= 11 is 4.88. The van der Waals surface area contributed by atoms with Crippen LogP contribution in [0.25, 0.3) is 0 Å². The van der Waals surface area contributed by atoms with E-state index in [1.165, 1.54) is 0 Å². The van der Waals surface area contributed by atoms with Gasteiger partial charge in [0.1, 0.15) is 22.2 Å². The fourth-order valence-corrected chi connectivity index (χ4v) is 1.64. The number of hydrogen-bond donors (Lipinski definition) is 1. The zero-order valence-electron chi connectivity index (χ0n) is 10.5. The van der Waals surface area contributed by atoms with E-state index >= 15 is 0 Å². The summed E-state index contributed by atoms with van der Waals surface area (Å²) in [6.07, 6.45) is 0. The Kier molecular flexibility index (Phi) is 4.30. The number of ether oxygens (including phenoxy) is 2. The number of benzene rings is 1. The van der Waals surface area contributed by atoms with Crippen LogP contribution in [0, 0.1) is 0 Å². The predicted molar refractivity (Wildman–Crippen MR) is 77.8 cm³/mol. The first-order valence-corrected chi connectivity index (χ1v) is 6.27. The summed E-state index contributed by atoms with van der Waals surface area (Å²) in [6, 6.07) is 12.6. The molecule has 0 aliphatic rings. The third kappa shape index (κ3) is 3.66. The summed E-state index contributed by atoms with van der Waals surface area (Å²) in [6.45, 7) is 2.54. The standard InChI is InChI=1S/C14H14N2O2S/c1-2-17-10-5-3-6-11(9-10)18-13-8-4-7-12(16-13)14(15)19/h3-9H,2H2,1H3,(H2,15,19). The molecule has 0 unspecified atom stereocenters. The van der Waals surface area contributed by atoms with Gasteiger partial charge in [-0.2, -0.15) is 0 Å². The molecule has 5 heteroatoms. The Labute approximate surface area is 117 Å². The van der Waals surface area contributed by atoms with Crippen molar-refractivity contribution in [3.8, 4) is 17.4 Å². The lowest BCUT2D eigenvalue weighted by molar-refractivity contribution is 0.338. The van der Waals surface area contributed by atoms with Crippen LogP contribution in [0.15, 0.2) is 42.5 Å². The van der Waals surface area contributed by atoms with Gasteiger partial charge in [0.15, 0.2) is 0 Å². The average Bonchev–Trinajstić information content (AvgIpc) is 2.40. The molecule has 1 heterocycles. The lowest BCUT2D eigenvalue weighted by Gasteiger charge is -2.08. The summed E-state index contributed by atoms with van der Waals surface area (Å²) in [5, 5.41) is 0. The van der Waals surface area contributed by atoms with Crippen LogP contribution in [-0.2, 0) is 0 Å². The summed E-state index contributed by atoms with van der Waals surface area (Å²) in [5.41, 5.74) is 6.07. The van der Waals surface area contributed by atoms with Crippen LogP contribution in [-0.4, -0.2) is 16.6 Å². The summed E-state index contributed by atoms with van der Waals surface area (Å²) in [5.74, 6) is 1.85. The van der Waals surface area contributed by atoms with Crippen LogP contribution in [0.4, 0.5) is 0 Å². The summed E-state index contributed by atoms with van der Waals surface area (Å²) in [7, 11) is 0. The zero-order chi connectivity index (χ0) is 13.7. The van der Waals surface area contributed by atoms with Crippen molar-refractivity contribution in [2.75, 3.05) is 6.61 Å². The lowest BCUT2D eigenvalue weighted by Crippen LogP contribution is -2.11. The molecular formula is C14H14N2O2S. The molecule has 1 aromatic heterocycles. The Morgan fingerprint density at radius 2 is 1.95 bits per heavy atom. The molecule has 2 N–H and O–H groups in total. The van der Waals surface area contributed by atoms with E-state index in [0.29, 0.717) is 23.9 Å². The van der Waals surface area contributed by atoms with Crippen molar-refractivity contribution in [2.24, 2.45) is 5.73 Å². The predicted octanol–water partition coefficient (Wildman–Crippen LogP) is 2.91. The van der Waals surface area contributed by atoms with Crippen LogP contribution in [0.3, 0.4) is 0 Å². The van der Waals surface area contributed by atoms with Gasteiger partial charge in [0.25, 0.3) is 0 Å². The minimum Gasteiger partial charge on any atom is -0.494 e. The van der Waals surface area contributed by atoms with Crippen molar-refractivity contribution in [3.05, 3.63) is 48.2 Å². The van der Waals surface area contributed by atoms with E-state index in [2.05, 4.69) is 4.98 Å². The van der Waals surface area contributed by atoms with E-state index in [1.807, 2.05) is 25.1 Å². The molecule has 0 bridgehead atoms. The van der Waals surface area contributed by atoms with Crippen LogP contribution < -0.4 is 15.2 Å². The van der Waals surface area contributed by atoms with Crippen molar-refractivity contribution in [2.45, 2.75) is 6.92 Å². The summed E-state index contributed by atoms with van der Waals surface area (Å²) in [4.78, 5) is 4.46. The van der Waals surface area contributed by atoms with Gasteiger partial charge in [-0.1, -0.05) is 24.4 Å². The molecule has 0 aliphatic heterocycles. The molecule has 0 fully saturated rings. The van der Waals surface area contributed by atoms with E-state index in [1.54, 1.807) is 24.3 Å². The van der Waals surface area contributed by atoms with Crippen molar-refractivity contribution in [1.29, 1.82) is 0 Å². The Hall–Kier alpha value is -2.14. The average molecular weight is 274 g/mol. The van der Waals surface area contributed by atoms with E-state index in [0.717, 1.165) is 5.75 Å². The molecule has 0 atom stereocenters. The van der Waals surface area contributed by atoms with Crippen LogP contribution >= 0.6 is 12.2 Å². The van der Waals surface area contributed by atoms with Gasteiger partial charge in [-0.25, -0.2) is 4.98 Å². The molecule has 0 radical (unpaired) electrons. The molecule has 0 saturated heterocycles. The maximum absolute atomic E-state index is 5.65. The number of rotatable bonds is 5. The van der Waals surface area contributed by atoms with Gasteiger partial charge < -0.3 is 15.2 Å². The molecule has 4 nitrogen and oxygen atoms in total. The van der Waals surface area contributed by atoms with Crippen LogP contribution in [0.1, 0.15) is 12.6 Å². The minimum atomic E-state index is 0.244. The van der Waals surface area contributed by atoms with E-state index in [9.17, 15) is 0 Å². The van der Waals surface area contributed by atoms with Crippen molar-refractivity contribution < 1.29 is 9.47 Å². The van der Waals surface area contributed by atoms with Gasteiger partial charge >= 0.3 is 0 Å². The second kappa shape index (κ2) is 6.15. The second-order valence-corrected chi connectivity index (χ2v) is 4.18. The molecule has 0 amide bonds. The van der Waals surface area contributed by atoms with Crippen molar-refractivity contribution >= 4 is 17.2 Å². The van der Waals surface area contributed by atoms with Crippen LogP contribution in [0.5, 0.6) is 17.4 Å². The quantitative estimate of drug-likeness (QED) is 0.850. The van der Waals surface area contributed by atoms with E-state index < -0.39 is 0 Å². The third-order valence-electron chi connectivity index (χ3n) is 2.31. The molecule has 2 aromatic rings. The maximum atomic E-state index is 5.65. The highest BCUT2D eigenvalue weighted by Gasteiger charge is 2.03. The normalized spacial score (nSPS) is 9.95. The third-order valence-corrected chi connectivity index (χ3v) is 2.52. The molecule has 19 heavy (non-hydrogen) atoms. The van der Waals surface area contributed by atoms with Gasteiger partial charge in [-0.05, 0) is 25.1 Å². The smallest absolute Gasteiger partial charge is 0.219 e. The number of nitrogens with two attached hydrogens (primary N) is 1. The SMILES string of the molecule is CCOc1cccc(Oc2cccc(C(N)=S)n2)c1. The topological polar surface area (TPSA) is 57.4 Å². The molecular weight excluding hydrogens is 260 g/mol. The fourth-order valence-electron chi connectivity index (χ4n) is 1.52. The first-order chi connectivity index (χ1) is 9.19. The van der Waals surface area contributed by atoms with E-state index in [-0.39, 0.29) is 4.99 Å². The Bertz CT molecular complexity index is 587. The second-order valence-electron chi connectivity index (χ2n) is 3.74. The number of nitrogens with zero attached hydrogens (tertiary/aromatic N) is 1. The van der Waals surface area contributed by atoms with Gasteiger partial charge in [-0.15, -0.1) is 0 Å². The molecule has 1 aromatic carbocycles. The molecule has 0 saturated carbocycles. The first kappa shape index (κ1) is 13.3. The number of hydrogen-bond acceptors (Lipinski definition) is 4.